The SMILES string of the molecule is CCCCCCCNc1ccc(Sc2cccc(OC(C)=O)c2)cc1. The van der Waals surface area contributed by atoms with Crippen LogP contribution in [0.15, 0.2) is 58.3 Å². The summed E-state index contributed by atoms with van der Waals surface area (Å²) in [7, 11) is 0. The van der Waals surface area contributed by atoms with E-state index in [1.807, 2.05) is 18.2 Å². The molecular formula is C21H27NO2S. The summed E-state index contributed by atoms with van der Waals surface area (Å²) >= 11 is 1.66. The van der Waals surface area contributed by atoms with E-state index in [-0.39, 0.29) is 5.97 Å². The normalized spacial score (nSPS) is 10.5. The van der Waals surface area contributed by atoms with Gasteiger partial charge in [0.05, 0.1) is 0 Å². The molecule has 0 fully saturated rings. The lowest BCUT2D eigenvalue weighted by Gasteiger charge is -2.08. The highest BCUT2D eigenvalue weighted by Gasteiger charge is 2.02. The molecule has 1 N–H and O–H groups in total. The van der Waals surface area contributed by atoms with Crippen LogP contribution in [0.3, 0.4) is 0 Å². The summed E-state index contributed by atoms with van der Waals surface area (Å²) in [4.78, 5) is 13.3. The minimum atomic E-state index is -0.299. The predicted molar refractivity (Wildman–Crippen MR) is 106 cm³/mol. The third-order valence-electron chi connectivity index (χ3n) is 3.77. The van der Waals surface area contributed by atoms with Crippen LogP contribution in [0, 0.1) is 0 Å². The van der Waals surface area contributed by atoms with Crippen LogP contribution in [0.1, 0.15) is 46.0 Å². The molecule has 0 unspecified atom stereocenters. The zero-order valence-corrected chi connectivity index (χ0v) is 15.9. The Morgan fingerprint density at radius 3 is 2.48 bits per heavy atom. The van der Waals surface area contributed by atoms with Crippen molar-refractivity contribution in [3.8, 4) is 5.75 Å². The lowest BCUT2D eigenvalue weighted by atomic mass is 10.1. The minimum Gasteiger partial charge on any atom is -0.427 e. The number of carbonyl (C=O) groups excluding carboxylic acids is 1. The summed E-state index contributed by atoms with van der Waals surface area (Å²) in [6.45, 7) is 4.68. The van der Waals surface area contributed by atoms with E-state index in [0.717, 1.165) is 22.0 Å². The van der Waals surface area contributed by atoms with Gasteiger partial charge in [0.15, 0.2) is 0 Å². The Hall–Kier alpha value is -1.94. The van der Waals surface area contributed by atoms with Crippen LogP contribution in [-0.4, -0.2) is 12.5 Å². The summed E-state index contributed by atoms with van der Waals surface area (Å²) in [5.74, 6) is 0.283. The first-order valence-corrected chi connectivity index (χ1v) is 9.79. The number of hydrogen-bond donors (Lipinski definition) is 1. The van der Waals surface area contributed by atoms with E-state index < -0.39 is 0 Å². The molecule has 0 aliphatic rings. The Morgan fingerprint density at radius 2 is 1.76 bits per heavy atom. The molecule has 3 nitrogen and oxygen atoms in total. The Morgan fingerprint density at radius 1 is 1.00 bits per heavy atom. The molecule has 2 aromatic rings. The van der Waals surface area contributed by atoms with Crippen molar-refractivity contribution in [1.82, 2.24) is 0 Å². The first-order valence-electron chi connectivity index (χ1n) is 8.97. The summed E-state index contributed by atoms with van der Waals surface area (Å²) in [5.41, 5.74) is 1.16. The molecule has 25 heavy (non-hydrogen) atoms. The maximum atomic E-state index is 11.0. The van der Waals surface area contributed by atoms with Crippen molar-refractivity contribution in [2.45, 2.75) is 55.7 Å². The molecule has 0 saturated heterocycles. The van der Waals surface area contributed by atoms with E-state index in [4.69, 9.17) is 4.74 Å². The smallest absolute Gasteiger partial charge is 0.308 e. The Balaban J connectivity index is 1.81. The molecule has 0 aromatic heterocycles. The van der Waals surface area contributed by atoms with Crippen molar-refractivity contribution < 1.29 is 9.53 Å². The van der Waals surface area contributed by atoms with Gasteiger partial charge >= 0.3 is 5.97 Å². The Bertz CT molecular complexity index is 655. The highest BCUT2D eigenvalue weighted by molar-refractivity contribution is 7.99. The number of nitrogens with one attached hydrogen (secondary N) is 1. The monoisotopic (exact) mass is 357 g/mol. The van der Waals surface area contributed by atoms with Crippen molar-refractivity contribution in [3.05, 3.63) is 48.5 Å². The average molecular weight is 358 g/mol. The third-order valence-corrected chi connectivity index (χ3v) is 4.76. The van der Waals surface area contributed by atoms with Crippen LogP contribution >= 0.6 is 11.8 Å². The standard InChI is InChI=1S/C21H27NO2S/c1-3-4-5-6-7-15-22-18-11-13-20(14-12-18)25-21-10-8-9-19(16-21)24-17(2)23/h8-14,16,22H,3-7,15H2,1-2H3. The van der Waals surface area contributed by atoms with Gasteiger partial charge in [-0.25, -0.2) is 0 Å². The van der Waals surface area contributed by atoms with Crippen LogP contribution in [0.4, 0.5) is 5.69 Å². The van der Waals surface area contributed by atoms with Gasteiger partial charge in [-0.1, -0.05) is 50.4 Å². The highest BCUT2D eigenvalue weighted by atomic mass is 32.2. The number of benzene rings is 2. The third kappa shape index (κ3) is 7.65. The van der Waals surface area contributed by atoms with Crippen LogP contribution in [0.25, 0.3) is 0 Å². The highest BCUT2D eigenvalue weighted by Crippen LogP contribution is 2.30. The van der Waals surface area contributed by atoms with Gasteiger partial charge in [-0.2, -0.15) is 0 Å². The number of hydrogen-bond acceptors (Lipinski definition) is 4. The van der Waals surface area contributed by atoms with E-state index >= 15 is 0 Å². The molecule has 0 radical (unpaired) electrons. The van der Waals surface area contributed by atoms with E-state index in [1.165, 1.54) is 39.0 Å². The molecule has 0 amide bonds. The van der Waals surface area contributed by atoms with Crippen molar-refractivity contribution >= 4 is 23.4 Å². The van der Waals surface area contributed by atoms with Crippen molar-refractivity contribution in [1.29, 1.82) is 0 Å². The summed E-state index contributed by atoms with van der Waals surface area (Å²) in [5, 5.41) is 3.48. The van der Waals surface area contributed by atoms with Gasteiger partial charge in [0.25, 0.3) is 0 Å². The number of anilines is 1. The van der Waals surface area contributed by atoms with Gasteiger partial charge in [-0.15, -0.1) is 0 Å². The lowest BCUT2D eigenvalue weighted by molar-refractivity contribution is -0.131. The Kier molecular flexibility index (Phi) is 8.40. The van der Waals surface area contributed by atoms with E-state index in [1.54, 1.807) is 17.8 Å². The second-order valence-corrected chi connectivity index (χ2v) is 7.18. The quantitative estimate of drug-likeness (QED) is 0.315. The first kappa shape index (κ1) is 19.4. The predicted octanol–water partition coefficient (Wildman–Crippen LogP) is 6.15. The maximum Gasteiger partial charge on any atom is 0.308 e. The molecule has 0 bridgehead atoms. The molecule has 0 saturated carbocycles. The molecule has 0 atom stereocenters. The maximum absolute atomic E-state index is 11.0. The van der Waals surface area contributed by atoms with Crippen LogP contribution < -0.4 is 10.1 Å². The average Bonchev–Trinajstić information content (AvgIpc) is 2.59. The Labute approximate surface area is 155 Å². The van der Waals surface area contributed by atoms with Crippen LogP contribution in [0.5, 0.6) is 5.75 Å². The largest absolute Gasteiger partial charge is 0.427 e. The fourth-order valence-electron chi connectivity index (χ4n) is 2.51. The first-order chi connectivity index (χ1) is 12.2. The van der Waals surface area contributed by atoms with Gasteiger partial charge in [0.1, 0.15) is 5.75 Å². The lowest BCUT2D eigenvalue weighted by Crippen LogP contribution is -2.01. The fourth-order valence-corrected chi connectivity index (χ4v) is 3.37. The van der Waals surface area contributed by atoms with E-state index in [2.05, 4.69) is 36.5 Å². The van der Waals surface area contributed by atoms with Crippen molar-refractivity contribution in [2.24, 2.45) is 0 Å². The van der Waals surface area contributed by atoms with E-state index in [9.17, 15) is 4.79 Å². The molecular weight excluding hydrogens is 330 g/mol. The molecule has 134 valence electrons. The van der Waals surface area contributed by atoms with Crippen LogP contribution in [-0.2, 0) is 4.79 Å². The number of esters is 1. The molecule has 0 spiro atoms. The van der Waals surface area contributed by atoms with Crippen LogP contribution in [0.2, 0.25) is 0 Å². The number of rotatable bonds is 10. The fraction of sp³-hybridized carbons (Fsp3) is 0.381. The van der Waals surface area contributed by atoms with E-state index in [0.29, 0.717) is 5.75 Å². The molecule has 0 aliphatic carbocycles. The molecule has 2 rings (SSSR count). The van der Waals surface area contributed by atoms with Gasteiger partial charge in [0.2, 0.25) is 0 Å². The second kappa shape index (κ2) is 10.8. The second-order valence-electron chi connectivity index (χ2n) is 6.04. The van der Waals surface area contributed by atoms with Crippen molar-refractivity contribution in [3.63, 3.8) is 0 Å². The number of carbonyl (C=O) groups is 1. The zero-order valence-electron chi connectivity index (χ0n) is 15.1. The zero-order chi connectivity index (χ0) is 17.9. The van der Waals surface area contributed by atoms with Gasteiger partial charge in [0, 0.05) is 28.9 Å². The topological polar surface area (TPSA) is 38.3 Å². The van der Waals surface area contributed by atoms with Gasteiger partial charge in [-0.05, 0) is 48.9 Å². The summed E-state index contributed by atoms with van der Waals surface area (Å²) in [6.07, 6.45) is 6.48. The number of unbranched alkanes of at least 4 members (excludes halogenated alkanes) is 4. The summed E-state index contributed by atoms with van der Waals surface area (Å²) < 4.78 is 5.13. The molecule has 4 heteroatoms. The molecule has 0 heterocycles. The molecule has 0 aliphatic heterocycles. The van der Waals surface area contributed by atoms with Crippen molar-refractivity contribution in [2.75, 3.05) is 11.9 Å². The summed E-state index contributed by atoms with van der Waals surface area (Å²) in [6, 6.07) is 16.0. The van der Waals surface area contributed by atoms with Gasteiger partial charge in [-0.3, -0.25) is 4.79 Å². The van der Waals surface area contributed by atoms with Gasteiger partial charge < -0.3 is 10.1 Å². The molecule has 2 aromatic carbocycles. The minimum absolute atomic E-state index is 0.299. The number of ether oxygens (including phenoxy) is 1.